The SMILES string of the molecule is COC(C)(C#Cc1cccc(COc2cc(-c3cnc(C4CCN(C)CC4)s3)cnc2N)c1)c1ccccc1. The van der Waals surface area contributed by atoms with E-state index in [0.29, 0.717) is 24.1 Å². The van der Waals surface area contributed by atoms with Crippen LogP contribution < -0.4 is 10.5 Å². The molecule has 6 nitrogen and oxygen atoms in total. The summed E-state index contributed by atoms with van der Waals surface area (Å²) in [6.45, 7) is 4.57. The third kappa shape index (κ3) is 6.48. The zero-order valence-corrected chi connectivity index (χ0v) is 23.5. The molecule has 0 bridgehead atoms. The van der Waals surface area contributed by atoms with Gasteiger partial charge in [-0.1, -0.05) is 54.3 Å². The largest absolute Gasteiger partial charge is 0.485 e. The lowest BCUT2D eigenvalue weighted by Crippen LogP contribution is -2.29. The number of likely N-dealkylation sites (tertiary alicyclic amines) is 1. The first kappa shape index (κ1) is 26.9. The summed E-state index contributed by atoms with van der Waals surface area (Å²) in [4.78, 5) is 12.6. The van der Waals surface area contributed by atoms with Crippen LogP contribution in [0.3, 0.4) is 0 Å². The number of thiazole rings is 1. The smallest absolute Gasteiger partial charge is 0.166 e. The molecule has 2 aromatic carbocycles. The summed E-state index contributed by atoms with van der Waals surface area (Å²) >= 11 is 1.74. The van der Waals surface area contributed by atoms with Crippen LogP contribution in [0.1, 0.15) is 47.4 Å². The van der Waals surface area contributed by atoms with Crippen molar-refractivity contribution in [3.63, 3.8) is 0 Å². The molecule has 2 N–H and O–H groups in total. The number of methoxy groups -OCH3 is 1. The van der Waals surface area contributed by atoms with Crippen LogP contribution in [0, 0.1) is 11.8 Å². The van der Waals surface area contributed by atoms with Gasteiger partial charge >= 0.3 is 0 Å². The zero-order valence-electron chi connectivity index (χ0n) is 22.7. The molecule has 1 aliphatic heterocycles. The summed E-state index contributed by atoms with van der Waals surface area (Å²) in [5.41, 5.74) is 9.34. The van der Waals surface area contributed by atoms with E-state index in [1.165, 1.54) is 5.01 Å². The van der Waals surface area contributed by atoms with Gasteiger partial charge in [0.05, 0.1) is 9.88 Å². The minimum absolute atomic E-state index is 0.356. The van der Waals surface area contributed by atoms with E-state index in [1.54, 1.807) is 24.6 Å². The number of nitrogens with two attached hydrogens (primary N) is 1. The molecule has 0 saturated carbocycles. The van der Waals surface area contributed by atoms with Gasteiger partial charge < -0.3 is 20.1 Å². The van der Waals surface area contributed by atoms with Crippen molar-refractivity contribution in [3.8, 4) is 28.0 Å². The molecule has 0 radical (unpaired) electrons. The second-order valence-electron chi connectivity index (χ2n) is 10.1. The number of rotatable bonds is 7. The van der Waals surface area contributed by atoms with Crippen molar-refractivity contribution in [3.05, 3.63) is 94.8 Å². The van der Waals surface area contributed by atoms with Gasteiger partial charge in [0, 0.05) is 36.5 Å². The van der Waals surface area contributed by atoms with Crippen molar-refractivity contribution in [2.45, 2.75) is 37.9 Å². The van der Waals surface area contributed by atoms with E-state index < -0.39 is 5.60 Å². The number of benzene rings is 2. The van der Waals surface area contributed by atoms with Crippen molar-refractivity contribution in [2.75, 3.05) is 33.0 Å². The Bertz CT molecular complexity index is 1470. The fourth-order valence-corrected chi connectivity index (χ4v) is 5.73. The average molecular weight is 539 g/mol. The van der Waals surface area contributed by atoms with Gasteiger partial charge in [-0.15, -0.1) is 11.3 Å². The van der Waals surface area contributed by atoms with E-state index in [9.17, 15) is 0 Å². The molecule has 200 valence electrons. The van der Waals surface area contributed by atoms with Crippen molar-refractivity contribution in [1.29, 1.82) is 0 Å². The molecule has 0 amide bonds. The Morgan fingerprint density at radius 3 is 2.62 bits per heavy atom. The van der Waals surface area contributed by atoms with Gasteiger partial charge in [-0.3, -0.25) is 0 Å². The second-order valence-corrected chi connectivity index (χ2v) is 11.2. The van der Waals surface area contributed by atoms with Gasteiger partial charge in [-0.2, -0.15) is 0 Å². The topological polar surface area (TPSA) is 73.5 Å². The molecule has 0 aliphatic carbocycles. The zero-order chi connectivity index (χ0) is 27.2. The van der Waals surface area contributed by atoms with Crippen LogP contribution in [0.2, 0.25) is 0 Å². The lowest BCUT2D eigenvalue weighted by atomic mass is 9.96. The summed E-state index contributed by atoms with van der Waals surface area (Å²) in [6.07, 6.45) is 6.04. The number of ether oxygens (including phenoxy) is 2. The molecule has 1 atom stereocenters. The van der Waals surface area contributed by atoms with Gasteiger partial charge in [0.2, 0.25) is 0 Å². The number of nitrogens with zero attached hydrogens (tertiary/aromatic N) is 3. The highest BCUT2D eigenvalue weighted by Gasteiger charge is 2.23. The van der Waals surface area contributed by atoms with Crippen molar-refractivity contribution < 1.29 is 9.47 Å². The number of piperidine rings is 1. The van der Waals surface area contributed by atoms with Crippen molar-refractivity contribution in [2.24, 2.45) is 0 Å². The number of aromatic nitrogens is 2. The molecule has 39 heavy (non-hydrogen) atoms. The van der Waals surface area contributed by atoms with E-state index in [4.69, 9.17) is 20.2 Å². The number of nitrogen functional groups attached to an aromatic ring is 1. The Kier molecular flexibility index (Phi) is 8.27. The van der Waals surface area contributed by atoms with Crippen LogP contribution in [0.4, 0.5) is 5.82 Å². The highest BCUT2D eigenvalue weighted by Crippen LogP contribution is 2.36. The van der Waals surface area contributed by atoms with E-state index >= 15 is 0 Å². The fraction of sp³-hybridized carbons (Fsp3) is 0.312. The van der Waals surface area contributed by atoms with Crippen molar-refractivity contribution >= 4 is 17.2 Å². The van der Waals surface area contributed by atoms with E-state index in [0.717, 1.165) is 53.1 Å². The van der Waals surface area contributed by atoms with Gasteiger partial charge in [0.15, 0.2) is 17.2 Å². The molecule has 0 spiro atoms. The maximum absolute atomic E-state index is 6.17. The molecular weight excluding hydrogens is 504 g/mol. The Morgan fingerprint density at radius 2 is 1.85 bits per heavy atom. The summed E-state index contributed by atoms with van der Waals surface area (Å²) in [5.74, 6) is 8.03. The molecule has 3 heterocycles. The second kappa shape index (κ2) is 12.0. The highest BCUT2D eigenvalue weighted by molar-refractivity contribution is 7.15. The minimum atomic E-state index is -0.696. The Labute approximate surface area is 234 Å². The van der Waals surface area contributed by atoms with Crippen LogP contribution in [-0.4, -0.2) is 42.1 Å². The molecule has 1 fully saturated rings. The molecule has 4 aromatic rings. The molecule has 7 heteroatoms. The van der Waals surface area contributed by atoms with Crippen LogP contribution in [0.5, 0.6) is 5.75 Å². The predicted molar refractivity (Wildman–Crippen MR) is 158 cm³/mol. The third-order valence-corrected chi connectivity index (χ3v) is 8.47. The first-order valence-electron chi connectivity index (χ1n) is 13.2. The first-order chi connectivity index (χ1) is 18.9. The standard InChI is InChI=1S/C32H34N4O2S/c1-32(37-3,27-10-5-4-6-11-27)15-12-23-8-7-9-24(18-23)22-38-28-19-26(20-34-30(28)33)29-21-35-31(39-29)25-13-16-36(2)17-14-25/h4-11,18-21,25H,13-14,16-17,22H2,1-3H3,(H2,33,34). The average Bonchev–Trinajstić information content (AvgIpc) is 3.47. The number of hydrogen-bond acceptors (Lipinski definition) is 7. The summed E-state index contributed by atoms with van der Waals surface area (Å²) in [7, 11) is 3.86. The summed E-state index contributed by atoms with van der Waals surface area (Å²) in [6, 6.07) is 20.0. The van der Waals surface area contributed by atoms with Crippen LogP contribution in [0.25, 0.3) is 10.4 Å². The molecule has 1 saturated heterocycles. The lowest BCUT2D eigenvalue weighted by Gasteiger charge is -2.27. The predicted octanol–water partition coefficient (Wildman–Crippen LogP) is 6.09. The maximum Gasteiger partial charge on any atom is 0.166 e. The van der Waals surface area contributed by atoms with Gasteiger partial charge in [-0.25, -0.2) is 9.97 Å². The minimum Gasteiger partial charge on any atom is -0.485 e. The van der Waals surface area contributed by atoms with E-state index in [1.807, 2.05) is 73.8 Å². The molecule has 5 rings (SSSR count). The van der Waals surface area contributed by atoms with Crippen LogP contribution in [-0.2, 0) is 16.9 Å². The van der Waals surface area contributed by atoms with Gasteiger partial charge in [-0.05, 0) is 69.2 Å². The fourth-order valence-electron chi connectivity index (χ4n) is 4.66. The number of pyridine rings is 1. The van der Waals surface area contributed by atoms with Crippen molar-refractivity contribution in [1.82, 2.24) is 14.9 Å². The number of anilines is 1. The summed E-state index contributed by atoms with van der Waals surface area (Å²) in [5, 5.41) is 1.20. The van der Waals surface area contributed by atoms with Gasteiger partial charge in [0.25, 0.3) is 0 Å². The van der Waals surface area contributed by atoms with E-state index in [2.05, 4.69) is 28.8 Å². The number of hydrogen-bond donors (Lipinski definition) is 1. The molecule has 2 aromatic heterocycles. The Morgan fingerprint density at radius 1 is 1.05 bits per heavy atom. The van der Waals surface area contributed by atoms with Gasteiger partial charge in [0.1, 0.15) is 6.61 Å². The lowest BCUT2D eigenvalue weighted by molar-refractivity contribution is 0.0552. The highest BCUT2D eigenvalue weighted by atomic mass is 32.1. The monoisotopic (exact) mass is 538 g/mol. The first-order valence-corrected chi connectivity index (χ1v) is 14.0. The molecule has 1 unspecified atom stereocenters. The molecular formula is C32H34N4O2S. The molecule has 1 aliphatic rings. The summed E-state index contributed by atoms with van der Waals surface area (Å²) < 4.78 is 11.9. The third-order valence-electron chi connectivity index (χ3n) is 7.26. The Hall–Kier alpha value is -3.70. The Balaban J connectivity index is 1.28. The maximum atomic E-state index is 6.17. The quantitative estimate of drug-likeness (QED) is 0.287. The van der Waals surface area contributed by atoms with E-state index in [-0.39, 0.29) is 0 Å². The van der Waals surface area contributed by atoms with Crippen LogP contribution >= 0.6 is 11.3 Å². The van der Waals surface area contributed by atoms with Crippen LogP contribution in [0.15, 0.2) is 73.1 Å². The normalized spacial score (nSPS) is 15.8.